The number of halogens is 2. The maximum absolute atomic E-state index is 13.5. The molecule has 0 radical (unpaired) electrons. The molecule has 1 amide bonds. The monoisotopic (exact) mass is 272 g/mol. The van der Waals surface area contributed by atoms with E-state index in [0.29, 0.717) is 11.0 Å². The van der Waals surface area contributed by atoms with Crippen LogP contribution in [0.2, 0.25) is 0 Å². The van der Waals surface area contributed by atoms with E-state index in [1.54, 1.807) is 0 Å². The molecule has 0 aromatic heterocycles. The number of carbonyl (C=O) groups is 2. The van der Waals surface area contributed by atoms with Crippen molar-refractivity contribution >= 4 is 23.9 Å². The fraction of sp³-hybridized carbons (Fsp3) is 0.182. The highest BCUT2D eigenvalue weighted by atomic mass is 19.1. The molecule has 0 bridgehead atoms. The number of amidine groups is 1. The van der Waals surface area contributed by atoms with Gasteiger partial charge >= 0.3 is 5.97 Å². The summed E-state index contributed by atoms with van der Waals surface area (Å²) in [7, 11) is 0. The third kappa shape index (κ3) is 3.24. The van der Waals surface area contributed by atoms with E-state index in [2.05, 4.69) is 9.89 Å². The molecule has 0 aliphatic carbocycles. The molecule has 0 saturated heterocycles. The summed E-state index contributed by atoms with van der Waals surface area (Å²) in [6.07, 6.45) is 0.0439. The van der Waals surface area contributed by atoms with Crippen LogP contribution in [0.5, 0.6) is 0 Å². The molecule has 102 valence electrons. The molecular formula is C11H10F2N2O4. The summed E-state index contributed by atoms with van der Waals surface area (Å²) in [6.45, 7) is 1.47. The van der Waals surface area contributed by atoms with E-state index in [9.17, 15) is 18.4 Å². The van der Waals surface area contributed by atoms with E-state index in [1.807, 2.05) is 0 Å². The molecular weight excluding hydrogens is 262 g/mol. The topological polar surface area (TPSA) is 79.2 Å². The number of esters is 1. The number of carbonyl (C=O) groups excluding carboxylic acids is 2. The molecule has 0 unspecified atom stereocenters. The van der Waals surface area contributed by atoms with Crippen LogP contribution in [0, 0.1) is 11.6 Å². The second-order valence-corrected chi connectivity index (χ2v) is 3.22. The number of hydrogen-bond donors (Lipinski definition) is 1. The van der Waals surface area contributed by atoms with Crippen LogP contribution in [0.25, 0.3) is 0 Å². The van der Waals surface area contributed by atoms with E-state index in [0.717, 1.165) is 12.1 Å². The minimum Gasteiger partial charge on any atom is -0.460 e. The van der Waals surface area contributed by atoms with Crippen molar-refractivity contribution in [1.29, 1.82) is 0 Å². The Morgan fingerprint density at radius 1 is 1.53 bits per heavy atom. The third-order valence-electron chi connectivity index (χ3n) is 2.06. The van der Waals surface area contributed by atoms with Gasteiger partial charge in [0, 0.05) is 6.07 Å². The van der Waals surface area contributed by atoms with Crippen LogP contribution in [0.3, 0.4) is 0 Å². The van der Waals surface area contributed by atoms with Gasteiger partial charge in [0.2, 0.25) is 6.41 Å². The second kappa shape index (κ2) is 6.43. The number of amides is 1. The minimum atomic E-state index is -1.12. The summed E-state index contributed by atoms with van der Waals surface area (Å²) in [5, 5.41) is 11.3. The van der Waals surface area contributed by atoms with Gasteiger partial charge in [-0.25, -0.2) is 13.6 Å². The molecule has 0 fully saturated rings. The first-order valence-corrected chi connectivity index (χ1v) is 5.13. The Morgan fingerprint density at radius 2 is 2.21 bits per heavy atom. The van der Waals surface area contributed by atoms with Gasteiger partial charge in [-0.3, -0.25) is 9.69 Å². The zero-order valence-corrected chi connectivity index (χ0v) is 9.84. The molecule has 0 aliphatic rings. The van der Waals surface area contributed by atoms with Gasteiger partial charge in [-0.2, -0.15) is 0 Å². The molecule has 0 atom stereocenters. The van der Waals surface area contributed by atoms with Crippen molar-refractivity contribution in [2.45, 2.75) is 6.92 Å². The van der Waals surface area contributed by atoms with Gasteiger partial charge in [-0.1, -0.05) is 5.16 Å². The van der Waals surface area contributed by atoms with Crippen LogP contribution in [0.15, 0.2) is 23.4 Å². The minimum absolute atomic E-state index is 0.0313. The van der Waals surface area contributed by atoms with E-state index in [1.165, 1.54) is 6.92 Å². The number of anilines is 1. The van der Waals surface area contributed by atoms with Crippen molar-refractivity contribution < 1.29 is 28.3 Å². The summed E-state index contributed by atoms with van der Waals surface area (Å²) < 4.78 is 30.8. The normalized spacial score (nSPS) is 11.0. The van der Waals surface area contributed by atoms with Crippen molar-refractivity contribution in [2.75, 3.05) is 11.5 Å². The molecule has 1 aromatic carbocycles. The molecule has 0 heterocycles. The van der Waals surface area contributed by atoms with Crippen LogP contribution in [0.1, 0.15) is 6.92 Å². The Hall–Kier alpha value is -2.51. The zero-order valence-electron chi connectivity index (χ0n) is 9.84. The molecule has 19 heavy (non-hydrogen) atoms. The SMILES string of the molecule is CCOC(=O)C(=NO)N(C=O)c1ccc(F)cc1F. The molecule has 1 N–H and O–H groups in total. The highest BCUT2D eigenvalue weighted by Gasteiger charge is 2.25. The van der Waals surface area contributed by atoms with Crippen LogP contribution >= 0.6 is 0 Å². The quantitative estimate of drug-likeness (QED) is 0.224. The molecule has 1 aromatic rings. The first-order chi connectivity index (χ1) is 9.04. The average molecular weight is 272 g/mol. The van der Waals surface area contributed by atoms with Crippen LogP contribution in [0.4, 0.5) is 14.5 Å². The lowest BCUT2D eigenvalue weighted by Gasteiger charge is -2.17. The predicted octanol–water partition coefficient (Wildman–Crippen LogP) is 1.28. The first-order valence-electron chi connectivity index (χ1n) is 5.13. The van der Waals surface area contributed by atoms with Crippen molar-refractivity contribution in [3.05, 3.63) is 29.8 Å². The van der Waals surface area contributed by atoms with Crippen LogP contribution in [-0.4, -0.2) is 30.0 Å². The molecule has 8 heteroatoms. The molecule has 6 nitrogen and oxygen atoms in total. The van der Waals surface area contributed by atoms with Gasteiger partial charge in [-0.05, 0) is 19.1 Å². The van der Waals surface area contributed by atoms with Crippen molar-refractivity contribution in [2.24, 2.45) is 5.16 Å². The number of ether oxygens (including phenoxy) is 1. The number of benzene rings is 1. The molecule has 0 spiro atoms. The van der Waals surface area contributed by atoms with Gasteiger partial charge in [-0.15, -0.1) is 0 Å². The second-order valence-electron chi connectivity index (χ2n) is 3.22. The fourth-order valence-corrected chi connectivity index (χ4v) is 1.28. The number of rotatable bonds is 3. The van der Waals surface area contributed by atoms with Crippen molar-refractivity contribution in [3.63, 3.8) is 0 Å². The smallest absolute Gasteiger partial charge is 0.378 e. The summed E-state index contributed by atoms with van der Waals surface area (Å²) in [5.74, 6) is -3.91. The fourth-order valence-electron chi connectivity index (χ4n) is 1.28. The summed E-state index contributed by atoms with van der Waals surface area (Å²) in [6, 6.07) is 2.32. The van der Waals surface area contributed by atoms with E-state index < -0.39 is 29.1 Å². The van der Waals surface area contributed by atoms with Crippen LogP contribution < -0.4 is 4.90 Å². The van der Waals surface area contributed by atoms with Crippen molar-refractivity contribution in [3.8, 4) is 0 Å². The van der Waals surface area contributed by atoms with Gasteiger partial charge in [0.15, 0.2) is 0 Å². The maximum Gasteiger partial charge on any atom is 0.378 e. The molecule has 0 saturated carbocycles. The Bertz CT molecular complexity index is 519. The van der Waals surface area contributed by atoms with Gasteiger partial charge in [0.25, 0.3) is 5.84 Å². The lowest BCUT2D eigenvalue weighted by molar-refractivity contribution is -0.135. The predicted molar refractivity (Wildman–Crippen MR) is 60.8 cm³/mol. The lowest BCUT2D eigenvalue weighted by atomic mass is 10.2. The van der Waals surface area contributed by atoms with Gasteiger partial charge in [0.1, 0.15) is 11.6 Å². The largest absolute Gasteiger partial charge is 0.460 e. The Labute approximate surface area is 106 Å². The summed E-state index contributed by atoms with van der Waals surface area (Å²) in [5.41, 5.74) is -0.447. The standard InChI is InChI=1S/C11H10F2N2O4/c1-2-19-11(17)10(14-18)15(6-16)9-4-3-7(12)5-8(9)13/h3-6,18H,2H2,1H3. The molecule has 0 aliphatic heterocycles. The van der Waals surface area contributed by atoms with Crippen molar-refractivity contribution in [1.82, 2.24) is 0 Å². The summed E-state index contributed by atoms with van der Waals surface area (Å²) >= 11 is 0. The van der Waals surface area contributed by atoms with E-state index >= 15 is 0 Å². The average Bonchev–Trinajstić information content (AvgIpc) is 2.37. The number of nitrogens with zero attached hydrogens (tertiary/aromatic N) is 2. The maximum atomic E-state index is 13.5. The van der Waals surface area contributed by atoms with E-state index in [4.69, 9.17) is 5.21 Å². The number of hydrogen-bond acceptors (Lipinski definition) is 5. The Kier molecular flexibility index (Phi) is 4.92. The first kappa shape index (κ1) is 14.6. The van der Waals surface area contributed by atoms with E-state index in [-0.39, 0.29) is 13.0 Å². The van der Waals surface area contributed by atoms with Gasteiger partial charge < -0.3 is 9.94 Å². The zero-order chi connectivity index (χ0) is 14.4. The Balaban J connectivity index is 3.18. The van der Waals surface area contributed by atoms with Gasteiger partial charge in [0.05, 0.1) is 12.3 Å². The third-order valence-corrected chi connectivity index (χ3v) is 2.06. The highest BCUT2D eigenvalue weighted by Crippen LogP contribution is 2.19. The summed E-state index contributed by atoms with van der Waals surface area (Å²) in [4.78, 5) is 22.7. The molecule has 1 rings (SSSR count). The lowest BCUT2D eigenvalue weighted by Crippen LogP contribution is -2.37. The Morgan fingerprint density at radius 3 is 2.68 bits per heavy atom. The number of oxime groups is 1. The van der Waals surface area contributed by atoms with Crippen LogP contribution in [-0.2, 0) is 14.3 Å². The highest BCUT2D eigenvalue weighted by molar-refractivity contribution is 6.44.